The summed E-state index contributed by atoms with van der Waals surface area (Å²) < 4.78 is 0. The fourth-order valence-electron chi connectivity index (χ4n) is 4.20. The summed E-state index contributed by atoms with van der Waals surface area (Å²) in [5.74, 6) is -1.71. The number of aliphatic carboxylic acids is 1. The van der Waals surface area contributed by atoms with Gasteiger partial charge in [-0.25, -0.2) is 0 Å². The van der Waals surface area contributed by atoms with Crippen molar-refractivity contribution < 1.29 is 47.5 Å². The van der Waals surface area contributed by atoms with E-state index in [0.29, 0.717) is 5.56 Å². The summed E-state index contributed by atoms with van der Waals surface area (Å²) in [7, 11) is 0. The molecule has 0 aliphatic rings. The Morgan fingerprint density at radius 1 is 0.583 bits per heavy atom. The summed E-state index contributed by atoms with van der Waals surface area (Å²) in [6.07, 6.45) is 7.21. The summed E-state index contributed by atoms with van der Waals surface area (Å²) in [5.41, 5.74) is 4.34. The van der Waals surface area contributed by atoms with Gasteiger partial charge >= 0.3 is 16.8 Å². The summed E-state index contributed by atoms with van der Waals surface area (Å²) in [5, 5.41) is 31.5. The number of hydrogen-bond donors (Lipinski definition) is 1. The van der Waals surface area contributed by atoms with Crippen molar-refractivity contribution in [3.8, 4) is 0 Å². The van der Waals surface area contributed by atoms with Crippen molar-refractivity contribution in [2.24, 2.45) is 0 Å². The van der Waals surface area contributed by atoms with E-state index in [-0.39, 0.29) is 27.7 Å². The van der Waals surface area contributed by atoms with E-state index in [1.165, 1.54) is 0 Å². The van der Waals surface area contributed by atoms with Gasteiger partial charge < -0.3 is 41.5 Å². The van der Waals surface area contributed by atoms with Crippen molar-refractivity contribution in [1.82, 2.24) is 25.3 Å². The normalized spacial score (nSPS) is 9.33. The van der Waals surface area contributed by atoms with Gasteiger partial charge in [0.1, 0.15) is 0 Å². The van der Waals surface area contributed by atoms with Crippen molar-refractivity contribution in [3.63, 3.8) is 0 Å². The first-order valence-corrected chi connectivity index (χ1v) is 13.3. The number of carboxylic acids is 1. The molecule has 3 aromatic carbocycles. The Kier molecular flexibility index (Phi) is 16.7. The molecule has 0 aliphatic carbocycles. The van der Waals surface area contributed by atoms with Gasteiger partial charge in [0.15, 0.2) is 0 Å². The van der Waals surface area contributed by atoms with E-state index in [0.717, 1.165) is 43.6 Å². The van der Waals surface area contributed by atoms with Crippen molar-refractivity contribution >= 4 is 55.5 Å². The zero-order valence-electron chi connectivity index (χ0n) is 24.9. The van der Waals surface area contributed by atoms with Crippen molar-refractivity contribution in [1.29, 1.82) is 0 Å². The average Bonchev–Trinajstić information content (AvgIpc) is 3.08. The molecule has 0 fully saturated rings. The van der Waals surface area contributed by atoms with Crippen LogP contribution in [0.1, 0.15) is 10.4 Å². The molecule has 247 valence electrons. The van der Waals surface area contributed by atoms with Crippen LogP contribution in [-0.2, 0) is 27.0 Å². The van der Waals surface area contributed by atoms with Gasteiger partial charge in [0, 0.05) is 51.9 Å². The van der Waals surface area contributed by atoms with Crippen molar-refractivity contribution in [3.05, 3.63) is 149 Å². The van der Waals surface area contributed by atoms with Crippen LogP contribution in [0.5, 0.6) is 0 Å². The quantitative estimate of drug-likeness (QED) is 0.122. The third-order valence-corrected chi connectivity index (χ3v) is 6.12. The van der Waals surface area contributed by atoms with Gasteiger partial charge in [0.05, 0.1) is 39.7 Å². The number of carbonyl (C=O) groups excluding carboxylic acids is 2. The average molecular weight is 697 g/mol. The van der Waals surface area contributed by atoms with Gasteiger partial charge in [0.2, 0.25) is 0 Å². The summed E-state index contributed by atoms with van der Waals surface area (Å²) >= 11 is 0. The minimum atomic E-state index is -1.75. The molecule has 0 bridgehead atoms. The SMILES string of the molecule is O.O=C([O-])CNC(=O)c1ccccc1.O=[N+]([O-])[O-].[Co+2].[OH3+].c1cnc2c(c1)ccc1cccnc12.c1cnc2c(c1)ccc1cccnc12. The van der Waals surface area contributed by atoms with Crippen LogP contribution in [0.4, 0.5) is 0 Å². The predicted molar refractivity (Wildman–Crippen MR) is 177 cm³/mol. The zero-order valence-corrected chi connectivity index (χ0v) is 26.0. The van der Waals surface area contributed by atoms with Crippen LogP contribution in [0, 0.1) is 15.3 Å². The Bertz CT molecular complexity index is 1860. The molecule has 0 saturated carbocycles. The molecule has 4 aromatic heterocycles. The number of pyridine rings is 4. The number of carboxylic acid groups (broad SMARTS) is 1. The van der Waals surface area contributed by atoms with Crippen LogP contribution < -0.4 is 10.4 Å². The number of amides is 1. The Morgan fingerprint density at radius 2 is 0.896 bits per heavy atom. The molecule has 48 heavy (non-hydrogen) atoms. The molecule has 14 nitrogen and oxygen atoms in total. The van der Waals surface area contributed by atoms with Crippen LogP contribution in [0.3, 0.4) is 0 Å². The molecule has 7 aromatic rings. The zero-order chi connectivity index (χ0) is 32.0. The molecule has 0 atom stereocenters. The number of rotatable bonds is 3. The molecule has 0 saturated heterocycles. The predicted octanol–water partition coefficient (Wildman–Crippen LogP) is 2.74. The van der Waals surface area contributed by atoms with E-state index in [1.807, 2.05) is 24.3 Å². The second-order valence-electron chi connectivity index (χ2n) is 9.08. The molecular weight excluding hydrogens is 667 g/mol. The van der Waals surface area contributed by atoms with Crippen LogP contribution in [0.15, 0.2) is 128 Å². The van der Waals surface area contributed by atoms with Gasteiger partial charge in [0.25, 0.3) is 5.91 Å². The number of nitrogens with one attached hydrogen (secondary N) is 1. The van der Waals surface area contributed by atoms with Gasteiger partial charge in [-0.05, 0) is 36.4 Å². The van der Waals surface area contributed by atoms with Crippen LogP contribution in [0.25, 0.3) is 43.6 Å². The Morgan fingerprint density at radius 3 is 1.19 bits per heavy atom. The standard InChI is InChI=1S/2C12H8N2.C9H9NO3.Co.NO3.2H2O/c2*1-3-9-5-6-10-4-2-8-14-12(10)11(9)13-7-1;11-8(12)6-10-9(13)7-4-2-1-3-5-7;;2-1(3)4;;/h2*1-8H;1-5H,6H2,(H,10,13)(H,11,12);;;2*1H2/q;;;+2;-1;;. The van der Waals surface area contributed by atoms with Crippen molar-refractivity contribution in [2.75, 3.05) is 6.54 Å². The maximum atomic E-state index is 11.1. The first-order valence-electron chi connectivity index (χ1n) is 13.3. The summed E-state index contributed by atoms with van der Waals surface area (Å²) in [6.45, 7) is -0.465. The Hall–Kier alpha value is -6.13. The van der Waals surface area contributed by atoms with E-state index in [4.69, 9.17) is 15.3 Å². The number of aromatic nitrogens is 4. The molecule has 6 N–H and O–H groups in total. The Balaban J connectivity index is 0.000000331. The second kappa shape index (κ2) is 20.1. The van der Waals surface area contributed by atoms with Gasteiger partial charge in [-0.2, -0.15) is 0 Å². The third-order valence-electron chi connectivity index (χ3n) is 6.12. The monoisotopic (exact) mass is 696 g/mol. The smallest absolute Gasteiger partial charge is 0.548 e. The molecule has 1 radical (unpaired) electrons. The largest absolute Gasteiger partial charge is 2.00 e. The van der Waals surface area contributed by atoms with E-state index >= 15 is 0 Å². The number of carbonyl (C=O) groups is 2. The third kappa shape index (κ3) is 11.3. The number of benzene rings is 3. The fourth-order valence-corrected chi connectivity index (χ4v) is 4.20. The minimum Gasteiger partial charge on any atom is -0.548 e. The summed E-state index contributed by atoms with van der Waals surface area (Å²) in [6, 6.07) is 32.7. The molecule has 0 aliphatic heterocycles. The maximum Gasteiger partial charge on any atom is 2.00 e. The first-order chi connectivity index (χ1) is 21.8. The Labute approximate surface area is 283 Å². The van der Waals surface area contributed by atoms with Gasteiger partial charge in [-0.3, -0.25) is 24.7 Å². The van der Waals surface area contributed by atoms with Crippen LogP contribution >= 0.6 is 0 Å². The molecule has 0 unspecified atom stereocenters. The molecule has 0 spiro atoms. The van der Waals surface area contributed by atoms with Crippen molar-refractivity contribution in [2.45, 2.75) is 0 Å². The van der Waals surface area contributed by atoms with E-state index in [1.54, 1.807) is 55.1 Å². The summed E-state index contributed by atoms with van der Waals surface area (Å²) in [4.78, 5) is 46.8. The van der Waals surface area contributed by atoms with Crippen LogP contribution in [0.2, 0.25) is 0 Å². The molecule has 4 heterocycles. The van der Waals surface area contributed by atoms with E-state index < -0.39 is 23.5 Å². The van der Waals surface area contributed by atoms with E-state index in [9.17, 15) is 14.7 Å². The van der Waals surface area contributed by atoms with Gasteiger partial charge in [-0.15, -0.1) is 0 Å². The number of fused-ring (bicyclic) bond motifs is 6. The topological polar surface area (TPSA) is 251 Å². The van der Waals surface area contributed by atoms with Gasteiger partial charge in [-0.1, -0.05) is 66.7 Å². The van der Waals surface area contributed by atoms with E-state index in [2.05, 4.69) is 73.8 Å². The van der Waals surface area contributed by atoms with Crippen LogP contribution in [-0.4, -0.2) is 48.9 Å². The molecule has 7 rings (SSSR count). The fraction of sp³-hybridized carbons (Fsp3) is 0.0303. The second-order valence-corrected chi connectivity index (χ2v) is 9.08. The number of nitrogens with zero attached hydrogens (tertiary/aromatic N) is 5. The maximum absolute atomic E-state index is 11.1. The number of hydrogen-bond acceptors (Lipinski definition) is 10. The molecular formula is C33H29CoN6O8+. The first kappa shape index (κ1) is 39.9. The molecule has 15 heteroatoms. The minimum absolute atomic E-state index is 0. The molecule has 1 amide bonds.